The molecule has 0 saturated carbocycles. The highest BCUT2D eigenvalue weighted by atomic mass is 16.5. The zero-order valence-corrected chi connectivity index (χ0v) is 18.7. The molecule has 1 atom stereocenters. The molecule has 6 nitrogen and oxygen atoms in total. The van der Waals surface area contributed by atoms with Crippen molar-refractivity contribution in [3.63, 3.8) is 0 Å². The van der Waals surface area contributed by atoms with E-state index in [9.17, 15) is 4.79 Å². The van der Waals surface area contributed by atoms with Crippen LogP contribution in [0.25, 0.3) is 6.08 Å². The SMILES string of the molecule is COc1ccccc1/C=C/CN1CC(=O)N(CC(C)C)CC(OCc2ccncc2)C1. The Balaban J connectivity index is 1.67. The van der Waals surface area contributed by atoms with Crippen LogP contribution in [0.3, 0.4) is 0 Å². The van der Waals surface area contributed by atoms with Crippen LogP contribution >= 0.6 is 0 Å². The first-order valence-electron chi connectivity index (χ1n) is 10.9. The van der Waals surface area contributed by atoms with Gasteiger partial charge in [-0.3, -0.25) is 14.7 Å². The van der Waals surface area contributed by atoms with Gasteiger partial charge in [-0.25, -0.2) is 0 Å². The van der Waals surface area contributed by atoms with Gasteiger partial charge in [0.1, 0.15) is 5.75 Å². The van der Waals surface area contributed by atoms with Gasteiger partial charge in [-0.1, -0.05) is 44.2 Å². The second-order valence-corrected chi connectivity index (χ2v) is 8.32. The molecule has 1 aliphatic heterocycles. The lowest BCUT2D eigenvalue weighted by Gasteiger charge is -2.26. The van der Waals surface area contributed by atoms with Gasteiger partial charge in [0, 0.05) is 44.1 Å². The number of para-hydroxylation sites is 1. The summed E-state index contributed by atoms with van der Waals surface area (Å²) in [7, 11) is 1.67. The average Bonchev–Trinajstić information content (AvgIpc) is 2.91. The molecule has 1 saturated heterocycles. The van der Waals surface area contributed by atoms with Crippen LogP contribution in [-0.2, 0) is 16.1 Å². The van der Waals surface area contributed by atoms with Crippen molar-refractivity contribution in [2.75, 3.05) is 39.8 Å². The Morgan fingerprint density at radius 2 is 1.94 bits per heavy atom. The average molecular weight is 424 g/mol. The number of pyridine rings is 1. The third-order valence-electron chi connectivity index (χ3n) is 5.22. The van der Waals surface area contributed by atoms with Gasteiger partial charge in [0.15, 0.2) is 0 Å². The molecular formula is C25H33N3O3. The molecule has 0 spiro atoms. The summed E-state index contributed by atoms with van der Waals surface area (Å²) < 4.78 is 11.6. The summed E-state index contributed by atoms with van der Waals surface area (Å²) in [6.45, 7) is 7.95. The van der Waals surface area contributed by atoms with E-state index in [-0.39, 0.29) is 12.0 Å². The number of methoxy groups -OCH3 is 1. The first-order chi connectivity index (χ1) is 15.0. The first-order valence-corrected chi connectivity index (χ1v) is 10.9. The molecule has 2 aromatic rings. The minimum Gasteiger partial charge on any atom is -0.496 e. The number of rotatable bonds is 9. The van der Waals surface area contributed by atoms with Gasteiger partial charge in [0.25, 0.3) is 0 Å². The molecule has 1 aromatic carbocycles. The Labute approximate surface area is 185 Å². The van der Waals surface area contributed by atoms with Crippen molar-refractivity contribution >= 4 is 12.0 Å². The van der Waals surface area contributed by atoms with E-state index in [2.05, 4.69) is 29.8 Å². The van der Waals surface area contributed by atoms with Gasteiger partial charge < -0.3 is 14.4 Å². The summed E-state index contributed by atoms with van der Waals surface area (Å²) in [6.07, 6.45) is 7.64. The van der Waals surface area contributed by atoms with Crippen molar-refractivity contribution in [2.24, 2.45) is 5.92 Å². The monoisotopic (exact) mass is 423 g/mol. The summed E-state index contributed by atoms with van der Waals surface area (Å²) in [6, 6.07) is 11.8. The van der Waals surface area contributed by atoms with Gasteiger partial charge in [0.05, 0.1) is 26.4 Å². The van der Waals surface area contributed by atoms with Crippen LogP contribution in [0.2, 0.25) is 0 Å². The van der Waals surface area contributed by atoms with Crippen molar-refractivity contribution in [2.45, 2.75) is 26.6 Å². The molecular weight excluding hydrogens is 390 g/mol. The molecule has 1 fully saturated rings. The van der Waals surface area contributed by atoms with E-state index in [1.54, 1.807) is 19.5 Å². The van der Waals surface area contributed by atoms with Crippen molar-refractivity contribution in [3.8, 4) is 5.75 Å². The number of ether oxygens (including phenoxy) is 2. The fourth-order valence-corrected chi connectivity index (χ4v) is 3.74. The van der Waals surface area contributed by atoms with Gasteiger partial charge in [-0.2, -0.15) is 0 Å². The number of benzene rings is 1. The Bertz CT molecular complexity index is 854. The minimum absolute atomic E-state index is 0.0435. The van der Waals surface area contributed by atoms with E-state index in [1.807, 2.05) is 47.4 Å². The summed E-state index contributed by atoms with van der Waals surface area (Å²) in [4.78, 5) is 21.1. The van der Waals surface area contributed by atoms with Crippen LogP contribution in [-0.4, -0.2) is 66.6 Å². The normalized spacial score (nSPS) is 18.0. The third kappa shape index (κ3) is 7.19. The lowest BCUT2D eigenvalue weighted by atomic mass is 10.2. The van der Waals surface area contributed by atoms with E-state index < -0.39 is 0 Å². The van der Waals surface area contributed by atoms with Crippen LogP contribution in [0, 0.1) is 5.92 Å². The zero-order chi connectivity index (χ0) is 22.1. The molecule has 1 unspecified atom stereocenters. The van der Waals surface area contributed by atoms with E-state index in [4.69, 9.17) is 9.47 Å². The maximum atomic E-state index is 12.9. The van der Waals surface area contributed by atoms with E-state index in [1.165, 1.54) is 0 Å². The molecule has 0 N–H and O–H groups in total. The largest absolute Gasteiger partial charge is 0.496 e. The Hall–Kier alpha value is -2.70. The number of aromatic nitrogens is 1. The molecule has 166 valence electrons. The standard InChI is InChI=1S/C25H33N3O3/c1-20(2)15-28-17-23(31-19-21-10-12-26-13-11-21)16-27(18-25(28)29)14-6-8-22-7-4-5-9-24(22)30-3/h4-13,20,23H,14-19H2,1-3H3/b8-6+. The molecule has 1 amide bonds. The lowest BCUT2D eigenvalue weighted by molar-refractivity contribution is -0.132. The zero-order valence-electron chi connectivity index (χ0n) is 18.7. The molecule has 2 heterocycles. The van der Waals surface area contributed by atoms with Crippen LogP contribution in [0.1, 0.15) is 25.0 Å². The van der Waals surface area contributed by atoms with Gasteiger partial charge in [-0.05, 0) is 29.7 Å². The van der Waals surface area contributed by atoms with E-state index >= 15 is 0 Å². The smallest absolute Gasteiger partial charge is 0.236 e. The van der Waals surface area contributed by atoms with Crippen molar-refractivity contribution in [1.29, 1.82) is 0 Å². The van der Waals surface area contributed by atoms with Crippen molar-refractivity contribution < 1.29 is 14.3 Å². The van der Waals surface area contributed by atoms with Gasteiger partial charge in [0.2, 0.25) is 5.91 Å². The second-order valence-electron chi connectivity index (χ2n) is 8.32. The Morgan fingerprint density at radius 1 is 1.16 bits per heavy atom. The number of hydrogen-bond acceptors (Lipinski definition) is 5. The van der Waals surface area contributed by atoms with Crippen molar-refractivity contribution in [3.05, 3.63) is 66.0 Å². The van der Waals surface area contributed by atoms with Crippen LogP contribution in [0.5, 0.6) is 5.75 Å². The van der Waals surface area contributed by atoms with Crippen LogP contribution < -0.4 is 4.74 Å². The summed E-state index contributed by atoms with van der Waals surface area (Å²) in [5, 5.41) is 0. The minimum atomic E-state index is -0.0435. The van der Waals surface area contributed by atoms with Crippen LogP contribution in [0.4, 0.5) is 0 Å². The molecule has 31 heavy (non-hydrogen) atoms. The van der Waals surface area contributed by atoms with Gasteiger partial charge in [-0.15, -0.1) is 0 Å². The third-order valence-corrected chi connectivity index (χ3v) is 5.22. The highest BCUT2D eigenvalue weighted by Gasteiger charge is 2.28. The second kappa shape index (κ2) is 11.6. The molecule has 0 aliphatic carbocycles. The molecule has 1 aliphatic rings. The number of nitrogens with zero attached hydrogens (tertiary/aromatic N) is 3. The Morgan fingerprint density at radius 3 is 2.68 bits per heavy atom. The van der Waals surface area contributed by atoms with Crippen LogP contribution in [0.15, 0.2) is 54.9 Å². The molecule has 0 bridgehead atoms. The molecule has 3 rings (SSSR count). The topological polar surface area (TPSA) is 54.9 Å². The van der Waals surface area contributed by atoms with Gasteiger partial charge >= 0.3 is 0 Å². The fourth-order valence-electron chi connectivity index (χ4n) is 3.74. The molecule has 1 aromatic heterocycles. The van der Waals surface area contributed by atoms with Crippen molar-refractivity contribution in [1.82, 2.24) is 14.8 Å². The van der Waals surface area contributed by atoms with E-state index in [0.717, 1.165) is 23.4 Å². The fraction of sp³-hybridized carbons (Fsp3) is 0.440. The van der Waals surface area contributed by atoms with E-state index in [0.29, 0.717) is 38.7 Å². The summed E-state index contributed by atoms with van der Waals surface area (Å²) in [5.41, 5.74) is 2.11. The maximum absolute atomic E-state index is 12.9. The number of hydrogen-bond donors (Lipinski definition) is 0. The maximum Gasteiger partial charge on any atom is 0.236 e. The lowest BCUT2D eigenvalue weighted by Crippen LogP contribution is -2.40. The number of carbonyl (C=O) groups excluding carboxylic acids is 1. The predicted octanol–water partition coefficient (Wildman–Crippen LogP) is 3.49. The quantitative estimate of drug-likeness (QED) is 0.618. The predicted molar refractivity (Wildman–Crippen MR) is 123 cm³/mol. The molecule has 0 radical (unpaired) electrons. The molecule has 6 heteroatoms. The highest BCUT2D eigenvalue weighted by Crippen LogP contribution is 2.19. The highest BCUT2D eigenvalue weighted by molar-refractivity contribution is 5.78. The number of carbonyl (C=O) groups is 1. The summed E-state index contributed by atoms with van der Waals surface area (Å²) in [5.74, 6) is 1.42. The first kappa shape index (κ1) is 23.0. The Kier molecular flexibility index (Phi) is 8.62. The number of amides is 1. The summed E-state index contributed by atoms with van der Waals surface area (Å²) >= 11 is 0.